The molecular formula is C16H25N3O2. The second-order valence-electron chi connectivity index (χ2n) is 5.87. The third-order valence-electron chi connectivity index (χ3n) is 3.11. The normalized spacial score (nSPS) is 12.3. The minimum Gasteiger partial charge on any atom is -0.350 e. The minimum absolute atomic E-state index is 0.0692. The maximum Gasteiger partial charge on any atom is 0.251 e. The van der Waals surface area contributed by atoms with Gasteiger partial charge >= 0.3 is 0 Å². The lowest BCUT2D eigenvalue weighted by atomic mass is 10.0. The van der Waals surface area contributed by atoms with Gasteiger partial charge in [-0.05, 0) is 38.0 Å². The van der Waals surface area contributed by atoms with Crippen molar-refractivity contribution in [2.75, 3.05) is 5.32 Å². The van der Waals surface area contributed by atoms with Gasteiger partial charge in [-0.25, -0.2) is 0 Å². The Morgan fingerprint density at radius 1 is 1.19 bits per heavy atom. The molecule has 2 amide bonds. The molecule has 0 aliphatic heterocycles. The van der Waals surface area contributed by atoms with Crippen LogP contribution in [0.15, 0.2) is 24.3 Å². The Kier molecular flexibility index (Phi) is 6.37. The molecule has 0 fully saturated rings. The van der Waals surface area contributed by atoms with E-state index in [4.69, 9.17) is 5.73 Å². The van der Waals surface area contributed by atoms with Crippen LogP contribution >= 0.6 is 0 Å². The van der Waals surface area contributed by atoms with Gasteiger partial charge in [-0.15, -0.1) is 0 Å². The molecule has 1 unspecified atom stereocenters. The van der Waals surface area contributed by atoms with Crippen molar-refractivity contribution in [2.45, 2.75) is 46.2 Å². The summed E-state index contributed by atoms with van der Waals surface area (Å²) in [6.07, 6.45) is 0.264. The summed E-state index contributed by atoms with van der Waals surface area (Å²) < 4.78 is 0. The summed E-state index contributed by atoms with van der Waals surface area (Å²) in [6, 6.07) is 6.78. The fourth-order valence-electron chi connectivity index (χ4n) is 1.75. The first-order chi connectivity index (χ1) is 9.79. The second-order valence-corrected chi connectivity index (χ2v) is 5.87. The molecule has 1 aromatic carbocycles. The van der Waals surface area contributed by atoms with Crippen LogP contribution in [0.4, 0.5) is 5.69 Å². The molecule has 21 heavy (non-hydrogen) atoms. The molecule has 0 radical (unpaired) electrons. The van der Waals surface area contributed by atoms with Crippen LogP contribution in [-0.4, -0.2) is 23.9 Å². The highest BCUT2D eigenvalue weighted by atomic mass is 16.2. The second kappa shape index (κ2) is 7.78. The van der Waals surface area contributed by atoms with E-state index in [0.717, 1.165) is 0 Å². The van der Waals surface area contributed by atoms with Gasteiger partial charge in [0, 0.05) is 29.8 Å². The molecular weight excluding hydrogens is 266 g/mol. The lowest BCUT2D eigenvalue weighted by molar-refractivity contribution is -0.116. The molecule has 0 bridgehead atoms. The molecule has 1 atom stereocenters. The van der Waals surface area contributed by atoms with Gasteiger partial charge in [-0.2, -0.15) is 0 Å². The summed E-state index contributed by atoms with van der Waals surface area (Å²) in [5.41, 5.74) is 7.01. The maximum atomic E-state index is 11.9. The highest BCUT2D eigenvalue weighted by Crippen LogP contribution is 2.12. The molecule has 0 saturated heterocycles. The first kappa shape index (κ1) is 17.2. The molecule has 0 aromatic heterocycles. The first-order valence-corrected chi connectivity index (χ1v) is 7.26. The third-order valence-corrected chi connectivity index (χ3v) is 3.11. The Balaban J connectivity index is 2.68. The SMILES string of the molecule is CC(C)NC(=O)c1cccc(NC(=O)CC(N)C(C)C)c1. The van der Waals surface area contributed by atoms with Crippen LogP contribution in [0.25, 0.3) is 0 Å². The zero-order chi connectivity index (χ0) is 16.0. The fourth-order valence-corrected chi connectivity index (χ4v) is 1.75. The van der Waals surface area contributed by atoms with E-state index in [9.17, 15) is 9.59 Å². The summed E-state index contributed by atoms with van der Waals surface area (Å²) in [5, 5.41) is 5.59. The Morgan fingerprint density at radius 2 is 1.86 bits per heavy atom. The number of hydrogen-bond acceptors (Lipinski definition) is 3. The molecule has 0 aliphatic rings. The lowest BCUT2D eigenvalue weighted by Crippen LogP contribution is -2.32. The average molecular weight is 291 g/mol. The highest BCUT2D eigenvalue weighted by Gasteiger charge is 2.14. The van der Waals surface area contributed by atoms with Crippen molar-refractivity contribution in [1.29, 1.82) is 0 Å². The van der Waals surface area contributed by atoms with Crippen molar-refractivity contribution in [2.24, 2.45) is 11.7 Å². The number of hydrogen-bond donors (Lipinski definition) is 3. The van der Waals surface area contributed by atoms with Crippen LogP contribution in [0.1, 0.15) is 44.5 Å². The highest BCUT2D eigenvalue weighted by molar-refractivity contribution is 5.97. The van der Waals surface area contributed by atoms with Crippen LogP contribution in [0.3, 0.4) is 0 Å². The predicted octanol–water partition coefficient (Wildman–Crippen LogP) is 2.14. The average Bonchev–Trinajstić information content (AvgIpc) is 2.37. The number of nitrogens with two attached hydrogens (primary N) is 1. The van der Waals surface area contributed by atoms with Crippen molar-refractivity contribution in [3.8, 4) is 0 Å². The predicted molar refractivity (Wildman–Crippen MR) is 85.1 cm³/mol. The number of nitrogens with one attached hydrogen (secondary N) is 2. The molecule has 4 N–H and O–H groups in total. The number of anilines is 1. The molecule has 116 valence electrons. The number of benzene rings is 1. The van der Waals surface area contributed by atoms with E-state index in [0.29, 0.717) is 11.3 Å². The quantitative estimate of drug-likeness (QED) is 0.750. The lowest BCUT2D eigenvalue weighted by Gasteiger charge is -2.15. The van der Waals surface area contributed by atoms with Gasteiger partial charge in [0.15, 0.2) is 0 Å². The fraction of sp³-hybridized carbons (Fsp3) is 0.500. The summed E-state index contributed by atoms with van der Waals surface area (Å²) >= 11 is 0. The number of carbonyl (C=O) groups is 2. The molecule has 0 spiro atoms. The Bertz CT molecular complexity index is 498. The van der Waals surface area contributed by atoms with Crippen LogP contribution < -0.4 is 16.4 Å². The van der Waals surface area contributed by atoms with E-state index < -0.39 is 0 Å². The van der Waals surface area contributed by atoms with E-state index in [1.54, 1.807) is 24.3 Å². The van der Waals surface area contributed by atoms with Crippen LogP contribution in [-0.2, 0) is 4.79 Å². The Hall–Kier alpha value is -1.88. The molecule has 0 heterocycles. The van der Waals surface area contributed by atoms with Crippen molar-refractivity contribution >= 4 is 17.5 Å². The molecule has 5 nitrogen and oxygen atoms in total. The summed E-state index contributed by atoms with van der Waals surface area (Å²) in [6.45, 7) is 7.76. The van der Waals surface area contributed by atoms with Crippen LogP contribution in [0.2, 0.25) is 0 Å². The van der Waals surface area contributed by atoms with Gasteiger partial charge in [0.05, 0.1) is 0 Å². The first-order valence-electron chi connectivity index (χ1n) is 7.26. The third kappa shape index (κ3) is 5.95. The van der Waals surface area contributed by atoms with E-state index in [-0.39, 0.29) is 36.2 Å². The van der Waals surface area contributed by atoms with Crippen LogP contribution in [0.5, 0.6) is 0 Å². The van der Waals surface area contributed by atoms with E-state index >= 15 is 0 Å². The Morgan fingerprint density at radius 3 is 2.43 bits per heavy atom. The van der Waals surface area contributed by atoms with E-state index in [1.807, 2.05) is 27.7 Å². The maximum absolute atomic E-state index is 11.9. The molecule has 5 heteroatoms. The largest absolute Gasteiger partial charge is 0.350 e. The summed E-state index contributed by atoms with van der Waals surface area (Å²) in [5.74, 6) is -0.0449. The molecule has 0 saturated carbocycles. The van der Waals surface area contributed by atoms with Crippen molar-refractivity contribution in [1.82, 2.24) is 5.32 Å². The Labute approximate surface area is 126 Å². The van der Waals surface area contributed by atoms with E-state index in [1.165, 1.54) is 0 Å². The molecule has 1 rings (SSSR count). The summed E-state index contributed by atoms with van der Waals surface area (Å²) in [7, 11) is 0. The van der Waals surface area contributed by atoms with Gasteiger partial charge in [0.25, 0.3) is 5.91 Å². The van der Waals surface area contributed by atoms with E-state index in [2.05, 4.69) is 10.6 Å². The standard InChI is InChI=1S/C16H25N3O2/c1-10(2)14(17)9-15(20)19-13-7-5-6-12(8-13)16(21)18-11(3)4/h5-8,10-11,14H,9,17H2,1-4H3,(H,18,21)(H,19,20). The van der Waals surface area contributed by atoms with Gasteiger partial charge in [0.2, 0.25) is 5.91 Å². The van der Waals surface area contributed by atoms with Gasteiger partial charge in [0.1, 0.15) is 0 Å². The summed E-state index contributed by atoms with van der Waals surface area (Å²) in [4.78, 5) is 23.8. The monoisotopic (exact) mass is 291 g/mol. The van der Waals surface area contributed by atoms with Gasteiger partial charge in [-0.1, -0.05) is 19.9 Å². The number of rotatable bonds is 6. The van der Waals surface area contributed by atoms with Crippen molar-refractivity contribution in [3.05, 3.63) is 29.8 Å². The van der Waals surface area contributed by atoms with Crippen LogP contribution in [0, 0.1) is 5.92 Å². The molecule has 1 aromatic rings. The minimum atomic E-state index is -0.169. The van der Waals surface area contributed by atoms with Gasteiger partial charge < -0.3 is 16.4 Å². The van der Waals surface area contributed by atoms with Crippen molar-refractivity contribution in [3.63, 3.8) is 0 Å². The smallest absolute Gasteiger partial charge is 0.251 e. The zero-order valence-electron chi connectivity index (χ0n) is 13.1. The van der Waals surface area contributed by atoms with Crippen molar-refractivity contribution < 1.29 is 9.59 Å². The molecule has 0 aliphatic carbocycles. The van der Waals surface area contributed by atoms with Gasteiger partial charge in [-0.3, -0.25) is 9.59 Å². The number of amides is 2. The topological polar surface area (TPSA) is 84.2 Å². The zero-order valence-corrected chi connectivity index (χ0v) is 13.1. The number of carbonyl (C=O) groups excluding carboxylic acids is 2.